The van der Waals surface area contributed by atoms with Gasteiger partial charge in [-0.25, -0.2) is 36.4 Å². The Labute approximate surface area is 152 Å². The molecule has 0 saturated carbocycles. The Hall–Kier alpha value is -3.19. The summed E-state index contributed by atoms with van der Waals surface area (Å²) in [4.78, 5) is 13.2. The van der Waals surface area contributed by atoms with E-state index in [1.54, 1.807) is 13.0 Å². The Bertz CT molecular complexity index is 1200. The minimum atomic E-state index is -3.84. The molecule has 0 bridgehead atoms. The van der Waals surface area contributed by atoms with Gasteiger partial charge in [0.25, 0.3) is 5.82 Å². The molecule has 0 fully saturated rings. The second-order valence-electron chi connectivity index (χ2n) is 5.11. The van der Waals surface area contributed by atoms with E-state index in [0.29, 0.717) is 21.6 Å². The van der Waals surface area contributed by atoms with Crippen LogP contribution in [0.4, 0.5) is 10.8 Å². The molecule has 2 aromatic heterocycles. The van der Waals surface area contributed by atoms with Gasteiger partial charge in [0.15, 0.2) is 10.8 Å². The fourth-order valence-electron chi connectivity index (χ4n) is 2.09. The van der Waals surface area contributed by atoms with Crippen LogP contribution < -0.4 is 5.14 Å². The summed E-state index contributed by atoms with van der Waals surface area (Å²) < 4.78 is 27.2. The zero-order valence-electron chi connectivity index (χ0n) is 13.2. The molecule has 26 heavy (non-hydrogen) atoms. The number of aryl methyl sites for hydroxylation is 1. The summed E-state index contributed by atoms with van der Waals surface area (Å²) in [6.07, 6.45) is -1.06. The second-order valence-corrected chi connectivity index (χ2v) is 7.43. The number of nitrogens with one attached hydrogen (secondary N) is 1. The highest BCUT2D eigenvalue weighted by molar-refractivity contribution is 7.89. The lowest BCUT2D eigenvalue weighted by Gasteiger charge is -1.97. The van der Waals surface area contributed by atoms with E-state index in [1.807, 2.05) is 0 Å². The third-order valence-corrected chi connectivity index (χ3v) is 5.03. The third-order valence-electron chi connectivity index (χ3n) is 3.36. The normalized spacial score (nSPS) is 11.9. The number of aromatic nitrogens is 3. The molecule has 0 unspecified atom stereocenters. The molecule has 2 heterocycles. The number of aromatic amines is 1. The van der Waals surface area contributed by atoms with Crippen molar-refractivity contribution in [2.45, 2.75) is 18.0 Å². The molecular formula is C14H10N8O2S2. The minimum Gasteiger partial charge on any atom is -0.330 e. The van der Waals surface area contributed by atoms with Crippen molar-refractivity contribution in [3.63, 3.8) is 0 Å². The maximum atomic E-state index is 11.5. The average molecular weight is 386 g/mol. The fraction of sp³-hybridized carbons (Fsp3) is 0.143. The first-order valence-corrected chi connectivity index (χ1v) is 9.29. The van der Waals surface area contributed by atoms with Gasteiger partial charge >= 0.3 is 6.17 Å². The molecule has 12 heteroatoms. The quantitative estimate of drug-likeness (QED) is 0.525. The van der Waals surface area contributed by atoms with Crippen molar-refractivity contribution in [3.05, 3.63) is 52.6 Å². The van der Waals surface area contributed by atoms with Gasteiger partial charge in [-0.15, -0.1) is 10.2 Å². The minimum absolute atomic E-state index is 0.0446. The van der Waals surface area contributed by atoms with Crippen molar-refractivity contribution in [2.75, 3.05) is 0 Å². The summed E-state index contributed by atoms with van der Waals surface area (Å²) in [5, 5.41) is 14.1. The number of azo groups is 1. The van der Waals surface area contributed by atoms with Crippen LogP contribution in [0.2, 0.25) is 0 Å². The van der Waals surface area contributed by atoms with Gasteiger partial charge in [-0.3, -0.25) is 0 Å². The Morgan fingerprint density at radius 2 is 2.04 bits per heavy atom. The molecule has 1 aromatic carbocycles. The van der Waals surface area contributed by atoms with Crippen LogP contribution in [0, 0.1) is 20.1 Å². The molecule has 130 valence electrons. The lowest BCUT2D eigenvalue weighted by molar-refractivity contribution is 0.598. The van der Waals surface area contributed by atoms with E-state index in [4.69, 9.17) is 18.3 Å². The van der Waals surface area contributed by atoms with Crippen LogP contribution >= 0.6 is 11.5 Å². The van der Waals surface area contributed by atoms with Crippen molar-refractivity contribution >= 4 is 43.3 Å². The maximum absolute atomic E-state index is 11.5. The summed E-state index contributed by atoms with van der Waals surface area (Å²) in [6, 6.07) is 4.30. The highest BCUT2D eigenvalue weighted by Crippen LogP contribution is 2.33. The lowest BCUT2D eigenvalue weighted by Crippen LogP contribution is -2.11. The summed E-state index contributed by atoms with van der Waals surface area (Å²) in [7, 11) is -3.84. The molecule has 0 aliphatic carbocycles. The topological polar surface area (TPSA) is 135 Å². The van der Waals surface area contributed by atoms with Gasteiger partial charge in [-0.05, 0) is 36.7 Å². The van der Waals surface area contributed by atoms with Crippen molar-refractivity contribution in [2.24, 2.45) is 15.4 Å². The third kappa shape index (κ3) is 3.29. The Morgan fingerprint density at radius 3 is 2.69 bits per heavy atom. The van der Waals surface area contributed by atoms with Crippen molar-refractivity contribution in [1.82, 2.24) is 14.3 Å². The number of benzene rings is 1. The van der Waals surface area contributed by atoms with E-state index in [9.17, 15) is 8.42 Å². The predicted octanol–water partition coefficient (Wildman–Crippen LogP) is 3.23. The number of sulfonamides is 1. The predicted molar refractivity (Wildman–Crippen MR) is 94.4 cm³/mol. The molecule has 0 amide bonds. The van der Waals surface area contributed by atoms with Crippen molar-refractivity contribution in [1.29, 1.82) is 0 Å². The monoisotopic (exact) mass is 386 g/mol. The Kier molecular flexibility index (Phi) is 4.48. The standard InChI is InChI=1S/C14H10N8O2S2/c1-7-11(19-13(18-7)12(16-2)17-3)20-21-14-9-6-8(26(15,23)24)4-5-10(9)22-25-14/h4-6,12H,1H3,(H,18,19)(H2,15,23,24). The van der Waals surface area contributed by atoms with Crippen molar-refractivity contribution < 1.29 is 8.42 Å². The van der Waals surface area contributed by atoms with E-state index in [0.717, 1.165) is 11.5 Å². The Morgan fingerprint density at radius 1 is 1.31 bits per heavy atom. The molecule has 3 rings (SSSR count). The van der Waals surface area contributed by atoms with Crippen LogP contribution in [-0.2, 0) is 10.0 Å². The summed E-state index contributed by atoms with van der Waals surface area (Å²) in [6.45, 7) is 15.7. The molecule has 0 atom stereocenters. The zero-order chi connectivity index (χ0) is 18.9. The molecule has 0 aliphatic rings. The first-order chi connectivity index (χ1) is 12.3. The molecule has 0 radical (unpaired) electrons. The van der Waals surface area contributed by atoms with E-state index in [1.165, 1.54) is 12.1 Å². The van der Waals surface area contributed by atoms with Gasteiger partial charge in [-0.2, -0.15) is 9.36 Å². The van der Waals surface area contributed by atoms with Gasteiger partial charge in [0.2, 0.25) is 10.0 Å². The molecule has 3 aromatic rings. The van der Waals surface area contributed by atoms with Crippen LogP contribution in [0.15, 0.2) is 33.3 Å². The number of nitrogens with two attached hydrogens (primary N) is 1. The number of fused-ring (bicyclic) bond motifs is 1. The average Bonchev–Trinajstić information content (AvgIpc) is 3.16. The molecule has 10 nitrogen and oxygen atoms in total. The fourth-order valence-corrected chi connectivity index (χ4v) is 3.32. The molecule has 0 saturated heterocycles. The SMILES string of the molecule is [C-]#[N+]C([N+]#[C-])c1nc(N=Nc2snc3ccc(S(N)(=O)=O)cc23)c(C)[nH]1. The van der Waals surface area contributed by atoms with E-state index >= 15 is 0 Å². The summed E-state index contributed by atoms with van der Waals surface area (Å²) >= 11 is 1.05. The van der Waals surface area contributed by atoms with E-state index < -0.39 is 16.2 Å². The van der Waals surface area contributed by atoms with Gasteiger partial charge in [0, 0.05) is 5.39 Å². The number of hydrogen-bond acceptors (Lipinski definition) is 7. The molecule has 0 aliphatic heterocycles. The van der Waals surface area contributed by atoms with Gasteiger partial charge in [-0.1, -0.05) is 0 Å². The highest BCUT2D eigenvalue weighted by Gasteiger charge is 2.25. The molecule has 3 N–H and O–H groups in total. The molecular weight excluding hydrogens is 376 g/mol. The van der Waals surface area contributed by atoms with Crippen molar-refractivity contribution in [3.8, 4) is 0 Å². The van der Waals surface area contributed by atoms with Crippen LogP contribution in [0.1, 0.15) is 17.7 Å². The highest BCUT2D eigenvalue weighted by atomic mass is 32.2. The maximum Gasteiger partial charge on any atom is 0.534 e. The van der Waals surface area contributed by atoms with Crippen LogP contribution in [-0.4, -0.2) is 22.8 Å². The Balaban J connectivity index is 1.99. The number of hydrogen-bond donors (Lipinski definition) is 2. The number of H-pyrrole nitrogens is 1. The smallest absolute Gasteiger partial charge is 0.330 e. The second kappa shape index (κ2) is 6.61. The number of imidazole rings is 1. The van der Waals surface area contributed by atoms with E-state index in [-0.39, 0.29) is 16.5 Å². The summed E-state index contributed by atoms with van der Waals surface area (Å²) in [5.74, 6) is 0.438. The number of nitrogens with zero attached hydrogens (tertiary/aromatic N) is 6. The lowest BCUT2D eigenvalue weighted by atomic mass is 10.2. The van der Waals surface area contributed by atoms with Crippen LogP contribution in [0.25, 0.3) is 20.6 Å². The van der Waals surface area contributed by atoms with Crippen LogP contribution in [0.5, 0.6) is 0 Å². The van der Waals surface area contributed by atoms with E-state index in [2.05, 4.69) is 34.3 Å². The first-order valence-electron chi connectivity index (χ1n) is 6.97. The molecule has 0 spiro atoms. The summed E-state index contributed by atoms with van der Waals surface area (Å²) in [5.41, 5.74) is 1.12. The first kappa shape index (κ1) is 17.6. The zero-order valence-corrected chi connectivity index (χ0v) is 14.8. The number of rotatable bonds is 4. The van der Waals surface area contributed by atoms with Gasteiger partial charge in [0.1, 0.15) is 0 Å². The number of primary sulfonamides is 1. The van der Waals surface area contributed by atoms with Gasteiger partial charge in [0.05, 0.1) is 16.1 Å². The van der Waals surface area contributed by atoms with Gasteiger partial charge < -0.3 is 4.98 Å². The largest absolute Gasteiger partial charge is 0.534 e. The van der Waals surface area contributed by atoms with Crippen LogP contribution in [0.3, 0.4) is 0 Å².